The molecule has 0 N–H and O–H groups in total. The van der Waals surface area contributed by atoms with Crippen LogP contribution in [0.5, 0.6) is 11.5 Å². The molecule has 2 aromatic heterocycles. The van der Waals surface area contributed by atoms with Crippen LogP contribution in [0, 0.1) is 6.92 Å². The highest BCUT2D eigenvalue weighted by Crippen LogP contribution is 2.38. The molecule has 0 amide bonds. The molecular formula is C22H17BrF3N3O2. The van der Waals surface area contributed by atoms with Crippen LogP contribution in [0.3, 0.4) is 0 Å². The van der Waals surface area contributed by atoms with Crippen molar-refractivity contribution >= 4 is 21.6 Å². The number of aryl methyl sites for hydroxylation is 1. The maximum absolute atomic E-state index is 13.9. The first-order chi connectivity index (χ1) is 14.7. The fourth-order valence-electron chi connectivity index (χ4n) is 3.45. The van der Waals surface area contributed by atoms with Crippen molar-refractivity contribution in [2.45, 2.75) is 13.1 Å². The zero-order chi connectivity index (χ0) is 22.3. The molecule has 0 aliphatic rings. The van der Waals surface area contributed by atoms with Crippen LogP contribution in [0.2, 0.25) is 0 Å². The van der Waals surface area contributed by atoms with E-state index in [9.17, 15) is 13.2 Å². The summed E-state index contributed by atoms with van der Waals surface area (Å²) in [5.41, 5.74) is 1.48. The van der Waals surface area contributed by atoms with Gasteiger partial charge in [-0.2, -0.15) is 18.3 Å². The maximum atomic E-state index is 13.9. The Hall–Kier alpha value is -3.07. The lowest BCUT2D eigenvalue weighted by Gasteiger charge is -2.12. The number of alkyl halides is 3. The molecule has 0 saturated heterocycles. The average Bonchev–Trinajstić information content (AvgIpc) is 3.07. The first kappa shape index (κ1) is 21.2. The predicted octanol–water partition coefficient (Wildman–Crippen LogP) is 6.17. The van der Waals surface area contributed by atoms with Crippen molar-refractivity contribution in [2.24, 2.45) is 0 Å². The van der Waals surface area contributed by atoms with Gasteiger partial charge in [-0.05, 0) is 42.8 Å². The highest BCUT2D eigenvalue weighted by atomic mass is 79.9. The van der Waals surface area contributed by atoms with Crippen LogP contribution in [-0.2, 0) is 6.18 Å². The minimum atomic E-state index is -4.62. The van der Waals surface area contributed by atoms with Crippen LogP contribution in [0.4, 0.5) is 13.2 Å². The molecule has 0 fully saturated rings. The van der Waals surface area contributed by atoms with E-state index in [4.69, 9.17) is 9.47 Å². The maximum Gasteiger partial charge on any atom is 0.433 e. The summed E-state index contributed by atoms with van der Waals surface area (Å²) in [7, 11) is 3.01. The summed E-state index contributed by atoms with van der Waals surface area (Å²) < 4.78 is 54.0. The summed E-state index contributed by atoms with van der Waals surface area (Å²) in [6.45, 7) is 1.65. The van der Waals surface area contributed by atoms with Gasteiger partial charge in [0.05, 0.1) is 25.6 Å². The number of hydrogen-bond acceptors (Lipinski definition) is 4. The summed E-state index contributed by atoms with van der Waals surface area (Å²) in [5, 5.41) is 4.16. The Morgan fingerprint density at radius 3 is 2.32 bits per heavy atom. The van der Waals surface area contributed by atoms with E-state index in [0.717, 1.165) is 15.1 Å². The van der Waals surface area contributed by atoms with Crippen molar-refractivity contribution in [1.82, 2.24) is 14.6 Å². The number of rotatable bonds is 4. The molecule has 0 saturated carbocycles. The third-order valence-corrected chi connectivity index (χ3v) is 5.34. The number of nitrogens with zero attached hydrogens (tertiary/aromatic N) is 3. The number of aromatic nitrogens is 3. The van der Waals surface area contributed by atoms with Crippen molar-refractivity contribution in [1.29, 1.82) is 0 Å². The van der Waals surface area contributed by atoms with Crippen LogP contribution in [0.15, 0.2) is 53.0 Å². The van der Waals surface area contributed by atoms with E-state index in [2.05, 4.69) is 26.0 Å². The third-order valence-electron chi connectivity index (χ3n) is 4.85. The summed E-state index contributed by atoms with van der Waals surface area (Å²) >= 11 is 3.36. The van der Waals surface area contributed by atoms with Crippen LogP contribution in [0.25, 0.3) is 28.0 Å². The highest BCUT2D eigenvalue weighted by molar-refractivity contribution is 9.10. The molecule has 31 heavy (non-hydrogen) atoms. The quantitative estimate of drug-likeness (QED) is 0.342. The monoisotopic (exact) mass is 491 g/mol. The van der Waals surface area contributed by atoms with E-state index in [0.29, 0.717) is 33.9 Å². The van der Waals surface area contributed by atoms with Crippen LogP contribution >= 0.6 is 15.9 Å². The molecular weight excluding hydrogens is 475 g/mol. The van der Waals surface area contributed by atoms with E-state index in [1.165, 1.54) is 14.2 Å². The van der Waals surface area contributed by atoms with E-state index >= 15 is 0 Å². The average molecular weight is 492 g/mol. The second-order valence-corrected chi connectivity index (χ2v) is 7.72. The Kier molecular flexibility index (Phi) is 5.38. The molecule has 2 heterocycles. The van der Waals surface area contributed by atoms with Gasteiger partial charge in [-0.25, -0.2) is 9.50 Å². The van der Waals surface area contributed by atoms with Crippen molar-refractivity contribution in [3.63, 3.8) is 0 Å². The first-order valence-corrected chi connectivity index (χ1v) is 9.98. The Morgan fingerprint density at radius 2 is 1.68 bits per heavy atom. The Balaban J connectivity index is 2.04. The SMILES string of the molecule is COc1ccc(-c2c(C)nn3c(C(F)(F)F)cc(-c4cccc(Br)c4)nc23)cc1OC. The fourth-order valence-corrected chi connectivity index (χ4v) is 3.85. The third kappa shape index (κ3) is 3.85. The topological polar surface area (TPSA) is 48.7 Å². The Labute approximate surface area is 184 Å². The van der Waals surface area contributed by atoms with E-state index in [-0.39, 0.29) is 11.3 Å². The highest BCUT2D eigenvalue weighted by Gasteiger charge is 2.36. The number of hydrogen-bond donors (Lipinski definition) is 0. The zero-order valence-corrected chi connectivity index (χ0v) is 18.4. The van der Waals surface area contributed by atoms with Crippen molar-refractivity contribution in [3.8, 4) is 33.9 Å². The molecule has 0 radical (unpaired) electrons. The molecule has 160 valence electrons. The number of benzene rings is 2. The van der Waals surface area contributed by atoms with Crippen LogP contribution in [-0.4, -0.2) is 28.8 Å². The van der Waals surface area contributed by atoms with Crippen LogP contribution < -0.4 is 9.47 Å². The van der Waals surface area contributed by atoms with Gasteiger partial charge in [0.25, 0.3) is 0 Å². The van der Waals surface area contributed by atoms with Gasteiger partial charge in [0.2, 0.25) is 0 Å². The largest absolute Gasteiger partial charge is 0.493 e. The first-order valence-electron chi connectivity index (χ1n) is 9.19. The lowest BCUT2D eigenvalue weighted by atomic mass is 10.0. The summed E-state index contributed by atoms with van der Waals surface area (Å²) in [4.78, 5) is 4.56. The molecule has 2 aromatic carbocycles. The minimum absolute atomic E-state index is 0.106. The molecule has 4 aromatic rings. The summed E-state index contributed by atoms with van der Waals surface area (Å²) in [6, 6.07) is 13.1. The smallest absolute Gasteiger partial charge is 0.433 e. The summed E-state index contributed by atoms with van der Waals surface area (Å²) in [6.07, 6.45) is -4.62. The van der Waals surface area contributed by atoms with Gasteiger partial charge in [-0.1, -0.05) is 34.1 Å². The molecule has 0 aliphatic carbocycles. The fraction of sp³-hybridized carbons (Fsp3) is 0.182. The predicted molar refractivity (Wildman–Crippen MR) is 114 cm³/mol. The standard InChI is InChI=1S/C22H17BrF3N3O2/c1-12-20(14-7-8-17(30-2)18(10-14)31-3)21-27-16(13-5-4-6-15(23)9-13)11-19(22(24,25)26)29(21)28-12/h4-11H,1-3H3. The van der Waals surface area contributed by atoms with Crippen molar-refractivity contribution in [3.05, 3.63) is 64.4 Å². The number of halogens is 4. The van der Waals surface area contributed by atoms with Gasteiger partial charge in [-0.3, -0.25) is 0 Å². The van der Waals surface area contributed by atoms with Crippen molar-refractivity contribution < 1.29 is 22.6 Å². The Bertz CT molecular complexity index is 1290. The van der Waals surface area contributed by atoms with E-state index < -0.39 is 11.9 Å². The molecule has 5 nitrogen and oxygen atoms in total. The lowest BCUT2D eigenvalue weighted by Crippen LogP contribution is -2.13. The lowest BCUT2D eigenvalue weighted by molar-refractivity contribution is -0.142. The number of ether oxygens (including phenoxy) is 2. The van der Waals surface area contributed by atoms with Gasteiger partial charge in [-0.15, -0.1) is 0 Å². The molecule has 0 spiro atoms. The van der Waals surface area contributed by atoms with Gasteiger partial charge in [0.15, 0.2) is 22.8 Å². The van der Waals surface area contributed by atoms with Gasteiger partial charge in [0.1, 0.15) is 0 Å². The number of methoxy groups -OCH3 is 2. The Morgan fingerprint density at radius 1 is 0.935 bits per heavy atom. The van der Waals surface area contributed by atoms with Crippen molar-refractivity contribution in [2.75, 3.05) is 14.2 Å². The van der Waals surface area contributed by atoms with Gasteiger partial charge < -0.3 is 9.47 Å². The van der Waals surface area contributed by atoms with Gasteiger partial charge >= 0.3 is 6.18 Å². The van der Waals surface area contributed by atoms with Gasteiger partial charge in [0, 0.05) is 15.6 Å². The molecule has 0 bridgehead atoms. The molecule has 4 rings (SSSR count). The normalized spacial score (nSPS) is 11.7. The second kappa shape index (κ2) is 7.88. The summed E-state index contributed by atoms with van der Waals surface area (Å²) in [5.74, 6) is 0.970. The molecule has 0 unspecified atom stereocenters. The minimum Gasteiger partial charge on any atom is -0.493 e. The number of fused-ring (bicyclic) bond motifs is 1. The van der Waals surface area contributed by atoms with E-state index in [1.807, 2.05) is 0 Å². The molecule has 0 aliphatic heterocycles. The zero-order valence-electron chi connectivity index (χ0n) is 16.8. The van der Waals surface area contributed by atoms with E-state index in [1.54, 1.807) is 49.4 Å². The molecule has 9 heteroatoms. The molecule has 0 atom stereocenters. The second-order valence-electron chi connectivity index (χ2n) is 6.80. The van der Waals surface area contributed by atoms with Crippen LogP contribution in [0.1, 0.15) is 11.4 Å².